The van der Waals surface area contributed by atoms with Gasteiger partial charge < -0.3 is 5.32 Å². The highest BCUT2D eigenvalue weighted by Gasteiger charge is 1.96. The molecule has 1 aromatic heterocycles. The summed E-state index contributed by atoms with van der Waals surface area (Å²) >= 11 is 5.94. The number of anilines is 1. The molecule has 0 bridgehead atoms. The summed E-state index contributed by atoms with van der Waals surface area (Å²) in [5.41, 5.74) is 2.24. The molecule has 0 fully saturated rings. The van der Waals surface area contributed by atoms with Crippen LogP contribution in [0.2, 0.25) is 5.02 Å². The van der Waals surface area contributed by atoms with E-state index in [-0.39, 0.29) is 0 Å². The minimum atomic E-state index is 0.798. The third-order valence-corrected chi connectivity index (χ3v) is 2.88. The number of hydrogen-bond donors (Lipinski definition) is 1. The minimum Gasteiger partial charge on any atom is -0.370 e. The number of aryl methyl sites for hydroxylation is 2. The fourth-order valence-electron chi connectivity index (χ4n) is 1.75. The van der Waals surface area contributed by atoms with E-state index < -0.39 is 0 Å². The quantitative estimate of drug-likeness (QED) is 0.838. The molecular weight excluding hydrogens is 246 g/mol. The van der Waals surface area contributed by atoms with Crippen molar-refractivity contribution in [3.8, 4) is 0 Å². The zero-order chi connectivity index (χ0) is 12.8. The first-order valence-electron chi connectivity index (χ1n) is 6.01. The van der Waals surface area contributed by atoms with Crippen LogP contribution in [-0.2, 0) is 6.42 Å². The maximum Gasteiger partial charge on any atom is 0.129 e. The van der Waals surface area contributed by atoms with E-state index in [4.69, 9.17) is 11.6 Å². The SMILES string of the molecule is Cc1cc(NCCCc2cccc(Cl)c2)ncn1. The number of nitrogens with one attached hydrogen (secondary N) is 1. The Morgan fingerprint density at radius 1 is 1.22 bits per heavy atom. The lowest BCUT2D eigenvalue weighted by molar-refractivity contribution is 0.857. The third kappa shape index (κ3) is 4.00. The predicted octanol–water partition coefficient (Wildman–Crippen LogP) is 3.48. The smallest absolute Gasteiger partial charge is 0.129 e. The number of benzene rings is 1. The molecule has 1 aromatic carbocycles. The highest BCUT2D eigenvalue weighted by molar-refractivity contribution is 6.30. The molecule has 4 heteroatoms. The number of aromatic nitrogens is 2. The summed E-state index contributed by atoms with van der Waals surface area (Å²) in [6.45, 7) is 2.85. The molecule has 0 aliphatic heterocycles. The summed E-state index contributed by atoms with van der Waals surface area (Å²) in [6.07, 6.45) is 3.63. The summed E-state index contributed by atoms with van der Waals surface area (Å²) in [4.78, 5) is 8.21. The standard InChI is InChI=1S/C14H16ClN3/c1-11-8-14(18-10-17-11)16-7-3-5-12-4-2-6-13(15)9-12/h2,4,6,8-10H,3,5,7H2,1H3,(H,16,17,18). The topological polar surface area (TPSA) is 37.8 Å². The molecule has 0 unspecified atom stereocenters. The van der Waals surface area contributed by atoms with Crippen LogP contribution >= 0.6 is 11.6 Å². The van der Waals surface area contributed by atoms with E-state index in [1.807, 2.05) is 31.2 Å². The van der Waals surface area contributed by atoms with Gasteiger partial charge in [0, 0.05) is 23.3 Å². The minimum absolute atomic E-state index is 0.798. The lowest BCUT2D eigenvalue weighted by Crippen LogP contribution is -2.05. The van der Waals surface area contributed by atoms with Gasteiger partial charge in [0.25, 0.3) is 0 Å². The van der Waals surface area contributed by atoms with Crippen molar-refractivity contribution in [1.29, 1.82) is 0 Å². The average Bonchev–Trinajstić information content (AvgIpc) is 2.35. The molecule has 0 aliphatic carbocycles. The van der Waals surface area contributed by atoms with Gasteiger partial charge in [0.1, 0.15) is 12.1 Å². The van der Waals surface area contributed by atoms with Crippen molar-refractivity contribution in [2.45, 2.75) is 19.8 Å². The van der Waals surface area contributed by atoms with Crippen LogP contribution in [0.15, 0.2) is 36.7 Å². The van der Waals surface area contributed by atoms with E-state index in [2.05, 4.69) is 21.4 Å². The highest BCUT2D eigenvalue weighted by atomic mass is 35.5. The Morgan fingerprint density at radius 3 is 2.89 bits per heavy atom. The van der Waals surface area contributed by atoms with Gasteiger partial charge in [-0.25, -0.2) is 9.97 Å². The van der Waals surface area contributed by atoms with Gasteiger partial charge in [-0.1, -0.05) is 23.7 Å². The van der Waals surface area contributed by atoms with Crippen LogP contribution < -0.4 is 5.32 Å². The van der Waals surface area contributed by atoms with Crippen LogP contribution in [-0.4, -0.2) is 16.5 Å². The normalized spacial score (nSPS) is 10.3. The van der Waals surface area contributed by atoms with E-state index in [9.17, 15) is 0 Å². The second-order valence-electron chi connectivity index (χ2n) is 4.20. The van der Waals surface area contributed by atoms with Gasteiger partial charge in [-0.2, -0.15) is 0 Å². The first kappa shape index (κ1) is 12.8. The van der Waals surface area contributed by atoms with Gasteiger partial charge in [0.2, 0.25) is 0 Å². The second-order valence-corrected chi connectivity index (χ2v) is 4.64. The van der Waals surface area contributed by atoms with E-state index in [1.165, 1.54) is 5.56 Å². The molecule has 2 rings (SSSR count). The van der Waals surface area contributed by atoms with E-state index in [1.54, 1.807) is 6.33 Å². The van der Waals surface area contributed by atoms with Crippen molar-refractivity contribution in [2.75, 3.05) is 11.9 Å². The molecule has 3 nitrogen and oxygen atoms in total. The molecular formula is C14H16ClN3. The van der Waals surface area contributed by atoms with Gasteiger partial charge in [-0.3, -0.25) is 0 Å². The monoisotopic (exact) mass is 261 g/mol. The number of hydrogen-bond acceptors (Lipinski definition) is 3. The summed E-state index contributed by atoms with van der Waals surface area (Å²) in [6, 6.07) is 9.93. The van der Waals surface area contributed by atoms with Crippen LogP contribution in [0.1, 0.15) is 17.7 Å². The Balaban J connectivity index is 1.76. The highest BCUT2D eigenvalue weighted by Crippen LogP contribution is 2.12. The van der Waals surface area contributed by atoms with Gasteiger partial charge in [0.05, 0.1) is 0 Å². The van der Waals surface area contributed by atoms with Crippen LogP contribution in [0.3, 0.4) is 0 Å². The molecule has 1 N–H and O–H groups in total. The molecule has 0 aliphatic rings. The zero-order valence-corrected chi connectivity index (χ0v) is 11.1. The van der Waals surface area contributed by atoms with Gasteiger partial charge in [-0.05, 0) is 37.5 Å². The molecule has 0 amide bonds. The van der Waals surface area contributed by atoms with Crippen LogP contribution in [0.25, 0.3) is 0 Å². The maximum absolute atomic E-state index is 5.94. The Kier molecular flexibility index (Phi) is 4.53. The molecule has 0 saturated carbocycles. The summed E-state index contributed by atoms with van der Waals surface area (Å²) in [7, 11) is 0. The number of nitrogens with zero attached hydrogens (tertiary/aromatic N) is 2. The van der Waals surface area contributed by atoms with Gasteiger partial charge >= 0.3 is 0 Å². The number of rotatable bonds is 5. The average molecular weight is 262 g/mol. The van der Waals surface area contributed by atoms with Crippen molar-refractivity contribution in [3.05, 3.63) is 52.9 Å². The maximum atomic E-state index is 5.94. The Labute approximate surface area is 112 Å². The third-order valence-electron chi connectivity index (χ3n) is 2.64. The Bertz CT molecular complexity index is 466. The van der Waals surface area contributed by atoms with Crippen LogP contribution in [0.5, 0.6) is 0 Å². The first-order valence-corrected chi connectivity index (χ1v) is 6.39. The van der Waals surface area contributed by atoms with Gasteiger partial charge in [0.15, 0.2) is 0 Å². The molecule has 0 saturated heterocycles. The van der Waals surface area contributed by atoms with Crippen LogP contribution in [0, 0.1) is 6.92 Å². The van der Waals surface area contributed by atoms with Crippen molar-refractivity contribution < 1.29 is 0 Å². The molecule has 1 heterocycles. The molecule has 18 heavy (non-hydrogen) atoms. The molecule has 2 aromatic rings. The Hall–Kier alpha value is -1.61. The first-order chi connectivity index (χ1) is 8.74. The second kappa shape index (κ2) is 6.36. The Morgan fingerprint density at radius 2 is 2.11 bits per heavy atom. The van der Waals surface area contributed by atoms with Crippen molar-refractivity contribution in [1.82, 2.24) is 9.97 Å². The molecule has 0 spiro atoms. The largest absolute Gasteiger partial charge is 0.370 e. The zero-order valence-electron chi connectivity index (χ0n) is 10.4. The summed E-state index contributed by atoms with van der Waals surface area (Å²) in [5.74, 6) is 0.883. The van der Waals surface area contributed by atoms with E-state index >= 15 is 0 Å². The fraction of sp³-hybridized carbons (Fsp3) is 0.286. The fourth-order valence-corrected chi connectivity index (χ4v) is 1.97. The summed E-state index contributed by atoms with van der Waals surface area (Å²) < 4.78 is 0. The van der Waals surface area contributed by atoms with E-state index in [0.717, 1.165) is 35.9 Å². The van der Waals surface area contributed by atoms with Crippen molar-refractivity contribution in [2.24, 2.45) is 0 Å². The van der Waals surface area contributed by atoms with E-state index in [0.29, 0.717) is 0 Å². The lowest BCUT2D eigenvalue weighted by atomic mass is 10.1. The predicted molar refractivity (Wildman–Crippen MR) is 75.0 cm³/mol. The lowest BCUT2D eigenvalue weighted by Gasteiger charge is -2.06. The summed E-state index contributed by atoms with van der Waals surface area (Å²) in [5, 5.41) is 4.08. The van der Waals surface area contributed by atoms with Crippen molar-refractivity contribution >= 4 is 17.4 Å². The van der Waals surface area contributed by atoms with Crippen molar-refractivity contribution in [3.63, 3.8) is 0 Å². The number of halogens is 1. The van der Waals surface area contributed by atoms with Crippen LogP contribution in [0.4, 0.5) is 5.82 Å². The molecule has 0 atom stereocenters. The molecule has 94 valence electrons. The van der Waals surface area contributed by atoms with Gasteiger partial charge in [-0.15, -0.1) is 0 Å². The molecule has 0 radical (unpaired) electrons.